The Morgan fingerprint density at radius 3 is 2.65 bits per heavy atom. The van der Waals surface area contributed by atoms with Crippen molar-refractivity contribution in [1.82, 2.24) is 9.88 Å². The van der Waals surface area contributed by atoms with Crippen LogP contribution in [0.2, 0.25) is 0 Å². The maximum absolute atomic E-state index is 12.6. The number of hydrogen-bond acceptors (Lipinski definition) is 4. The lowest BCUT2D eigenvalue weighted by atomic mass is 9.98. The molecule has 1 aromatic rings. The molecule has 0 unspecified atom stereocenters. The van der Waals surface area contributed by atoms with Gasteiger partial charge in [0.1, 0.15) is 4.88 Å². The van der Waals surface area contributed by atoms with Gasteiger partial charge in [-0.05, 0) is 20.8 Å². The van der Waals surface area contributed by atoms with Crippen LogP contribution in [0.25, 0.3) is 0 Å². The first-order chi connectivity index (χ1) is 9.08. The van der Waals surface area contributed by atoms with E-state index in [9.17, 15) is 4.79 Å². The zero-order valence-electron chi connectivity index (χ0n) is 13.2. The van der Waals surface area contributed by atoms with Crippen LogP contribution in [0.1, 0.15) is 56.2 Å². The van der Waals surface area contributed by atoms with Crippen LogP contribution >= 0.6 is 11.3 Å². The number of aromatic nitrogens is 1. The second kappa shape index (κ2) is 5.11. The monoisotopic (exact) mass is 296 g/mol. The molecule has 0 aliphatic carbocycles. The van der Waals surface area contributed by atoms with Gasteiger partial charge in [0.25, 0.3) is 5.91 Å². The molecule has 4 nitrogen and oxygen atoms in total. The van der Waals surface area contributed by atoms with E-state index in [-0.39, 0.29) is 23.0 Å². The summed E-state index contributed by atoms with van der Waals surface area (Å²) in [5.74, 6) is 0.0706. The van der Waals surface area contributed by atoms with E-state index in [1.165, 1.54) is 11.3 Å². The van der Waals surface area contributed by atoms with Crippen LogP contribution in [0, 0.1) is 0 Å². The molecule has 112 valence electrons. The Balaban J connectivity index is 2.17. The highest BCUT2D eigenvalue weighted by Gasteiger charge is 2.34. The van der Waals surface area contributed by atoms with Crippen molar-refractivity contribution < 1.29 is 9.53 Å². The third-order valence-corrected chi connectivity index (χ3v) is 4.63. The minimum atomic E-state index is -0.287. The molecule has 1 amide bonds. The number of thiazole rings is 1. The van der Waals surface area contributed by atoms with Crippen molar-refractivity contribution in [3.05, 3.63) is 16.1 Å². The molecular weight excluding hydrogens is 272 g/mol. The molecule has 0 aromatic carbocycles. The average Bonchev–Trinajstić information content (AvgIpc) is 2.73. The maximum Gasteiger partial charge on any atom is 0.265 e. The maximum atomic E-state index is 12.6. The first kappa shape index (κ1) is 15.4. The predicted octanol–water partition coefficient (Wildman–Crippen LogP) is 3.08. The summed E-state index contributed by atoms with van der Waals surface area (Å²) in [6, 6.07) is 0. The topological polar surface area (TPSA) is 42.4 Å². The molecule has 20 heavy (non-hydrogen) atoms. The number of morpholine rings is 1. The second-order valence-corrected chi connectivity index (χ2v) is 8.18. The third kappa shape index (κ3) is 3.38. The lowest BCUT2D eigenvalue weighted by molar-refractivity contribution is -0.118. The van der Waals surface area contributed by atoms with Crippen molar-refractivity contribution in [1.29, 1.82) is 0 Å². The molecule has 1 aliphatic rings. The Morgan fingerprint density at radius 1 is 1.50 bits per heavy atom. The van der Waals surface area contributed by atoms with Crippen LogP contribution in [-0.2, 0) is 10.2 Å². The standard InChI is InChI=1S/C15H24N2O2S/c1-10-8-17(9-15(5,6)19-10)12(18)11-7-16-13(20-11)14(2,3)4/h7,10H,8-9H2,1-6H3/t10-/m0/s1. The Labute approximate surface area is 125 Å². The third-order valence-electron chi connectivity index (χ3n) is 3.21. The molecule has 1 aliphatic heterocycles. The van der Waals surface area contributed by atoms with Gasteiger partial charge in [-0.25, -0.2) is 4.98 Å². The van der Waals surface area contributed by atoms with Gasteiger partial charge in [0.15, 0.2) is 0 Å². The fourth-order valence-electron chi connectivity index (χ4n) is 2.48. The van der Waals surface area contributed by atoms with E-state index in [0.29, 0.717) is 13.1 Å². The summed E-state index contributed by atoms with van der Waals surface area (Å²) >= 11 is 1.50. The van der Waals surface area contributed by atoms with Gasteiger partial charge >= 0.3 is 0 Å². The van der Waals surface area contributed by atoms with Crippen LogP contribution < -0.4 is 0 Å². The molecule has 2 heterocycles. The lowest BCUT2D eigenvalue weighted by Crippen LogP contribution is -2.53. The van der Waals surface area contributed by atoms with Crippen molar-refractivity contribution in [2.24, 2.45) is 0 Å². The van der Waals surface area contributed by atoms with Crippen LogP contribution in [0.15, 0.2) is 6.20 Å². The first-order valence-electron chi connectivity index (χ1n) is 7.02. The molecule has 1 saturated heterocycles. The van der Waals surface area contributed by atoms with E-state index in [2.05, 4.69) is 25.8 Å². The predicted molar refractivity (Wildman–Crippen MR) is 81.3 cm³/mol. The lowest BCUT2D eigenvalue weighted by Gasteiger charge is -2.41. The number of carbonyl (C=O) groups is 1. The largest absolute Gasteiger partial charge is 0.369 e. The highest BCUT2D eigenvalue weighted by atomic mass is 32.1. The van der Waals surface area contributed by atoms with E-state index in [1.54, 1.807) is 6.20 Å². The first-order valence-corrected chi connectivity index (χ1v) is 7.83. The smallest absolute Gasteiger partial charge is 0.265 e. The van der Waals surface area contributed by atoms with Gasteiger partial charge in [-0.1, -0.05) is 20.8 Å². The Morgan fingerprint density at radius 2 is 2.15 bits per heavy atom. The number of carbonyl (C=O) groups excluding carboxylic acids is 1. The summed E-state index contributed by atoms with van der Waals surface area (Å²) in [5, 5.41) is 1.00. The van der Waals surface area contributed by atoms with Crippen molar-refractivity contribution in [3.63, 3.8) is 0 Å². The molecule has 1 atom stereocenters. The van der Waals surface area contributed by atoms with E-state index < -0.39 is 0 Å². The summed E-state index contributed by atoms with van der Waals surface area (Å²) in [6.07, 6.45) is 1.78. The van der Waals surface area contributed by atoms with Gasteiger partial charge in [0.05, 0.1) is 22.9 Å². The number of rotatable bonds is 1. The van der Waals surface area contributed by atoms with Crippen molar-refractivity contribution in [2.75, 3.05) is 13.1 Å². The van der Waals surface area contributed by atoms with Gasteiger partial charge in [-0.15, -0.1) is 11.3 Å². The van der Waals surface area contributed by atoms with Crippen molar-refractivity contribution in [2.45, 2.75) is 58.7 Å². The van der Waals surface area contributed by atoms with Crippen molar-refractivity contribution >= 4 is 17.2 Å². The zero-order valence-corrected chi connectivity index (χ0v) is 14.0. The molecule has 0 radical (unpaired) electrons. The molecule has 0 saturated carbocycles. The SMILES string of the molecule is C[C@H]1CN(C(=O)c2cnc(C(C)(C)C)s2)CC(C)(C)O1. The normalized spacial score (nSPS) is 22.9. The van der Waals surface area contributed by atoms with Gasteiger partial charge in [-0.2, -0.15) is 0 Å². The quantitative estimate of drug-likeness (QED) is 0.800. The highest BCUT2D eigenvalue weighted by molar-refractivity contribution is 7.13. The fourth-order valence-corrected chi connectivity index (χ4v) is 3.43. The van der Waals surface area contributed by atoms with Crippen LogP contribution in [-0.4, -0.2) is 40.6 Å². The minimum absolute atomic E-state index is 0.0131. The summed E-state index contributed by atoms with van der Waals surface area (Å²) < 4.78 is 5.84. The molecule has 1 aromatic heterocycles. The zero-order chi connectivity index (χ0) is 15.1. The summed E-state index contributed by atoms with van der Waals surface area (Å²) in [7, 11) is 0. The molecule has 2 rings (SSSR count). The van der Waals surface area contributed by atoms with Gasteiger partial charge in [-0.3, -0.25) is 4.79 Å². The fraction of sp³-hybridized carbons (Fsp3) is 0.733. The summed E-state index contributed by atoms with van der Waals surface area (Å²) in [5.41, 5.74) is -0.300. The number of hydrogen-bond donors (Lipinski definition) is 0. The Hall–Kier alpha value is -0.940. The number of ether oxygens (including phenoxy) is 1. The molecule has 5 heteroatoms. The van der Waals surface area contributed by atoms with E-state index >= 15 is 0 Å². The van der Waals surface area contributed by atoms with Crippen LogP contribution in [0.4, 0.5) is 0 Å². The van der Waals surface area contributed by atoms with E-state index in [4.69, 9.17) is 4.74 Å². The molecule has 0 spiro atoms. The Bertz CT molecular complexity index is 502. The van der Waals surface area contributed by atoms with Gasteiger partial charge in [0.2, 0.25) is 0 Å². The molecular formula is C15H24N2O2S. The number of nitrogens with zero attached hydrogens (tertiary/aromatic N) is 2. The van der Waals surface area contributed by atoms with Crippen LogP contribution in [0.5, 0.6) is 0 Å². The van der Waals surface area contributed by atoms with Gasteiger partial charge in [0, 0.05) is 18.5 Å². The number of amides is 1. The van der Waals surface area contributed by atoms with E-state index in [1.807, 2.05) is 25.7 Å². The van der Waals surface area contributed by atoms with Gasteiger partial charge < -0.3 is 9.64 Å². The van der Waals surface area contributed by atoms with E-state index in [0.717, 1.165) is 9.88 Å². The average molecular weight is 296 g/mol. The molecule has 0 N–H and O–H groups in total. The molecule has 0 bridgehead atoms. The summed E-state index contributed by atoms with van der Waals surface area (Å²) in [6.45, 7) is 13.7. The summed E-state index contributed by atoms with van der Waals surface area (Å²) in [4.78, 5) is 19.6. The molecule has 1 fully saturated rings. The minimum Gasteiger partial charge on any atom is -0.369 e. The van der Waals surface area contributed by atoms with Crippen molar-refractivity contribution in [3.8, 4) is 0 Å². The Kier molecular flexibility index (Phi) is 3.95. The highest BCUT2D eigenvalue weighted by Crippen LogP contribution is 2.29. The van der Waals surface area contributed by atoms with Crippen LogP contribution in [0.3, 0.4) is 0 Å². The second-order valence-electron chi connectivity index (χ2n) is 7.15.